The van der Waals surface area contributed by atoms with Crippen molar-refractivity contribution in [2.45, 2.75) is 26.0 Å². The zero-order chi connectivity index (χ0) is 17.6. The second-order valence-electron chi connectivity index (χ2n) is 5.80. The Labute approximate surface area is 169 Å². The van der Waals surface area contributed by atoms with Crippen LogP contribution in [0.2, 0.25) is 0 Å². The molecule has 1 aromatic carbocycles. The van der Waals surface area contributed by atoms with Crippen molar-refractivity contribution in [2.75, 3.05) is 13.1 Å². The monoisotopic (exact) mass is 469 g/mol. The summed E-state index contributed by atoms with van der Waals surface area (Å²) >= 11 is 0. The highest BCUT2D eigenvalue weighted by Crippen LogP contribution is 2.23. The molecule has 3 N–H and O–H groups in total. The minimum Gasteiger partial charge on any atom is -0.467 e. The second kappa shape index (κ2) is 9.63. The molecule has 0 fully saturated rings. The van der Waals surface area contributed by atoms with Crippen molar-refractivity contribution in [1.82, 2.24) is 10.6 Å². The number of para-hydroxylation sites is 1. The maximum atomic E-state index is 10.1. The molecule has 2 unspecified atom stereocenters. The third kappa shape index (κ3) is 5.01. The van der Waals surface area contributed by atoms with Gasteiger partial charge in [0, 0.05) is 11.9 Å². The van der Waals surface area contributed by atoms with E-state index < -0.39 is 6.10 Å². The summed E-state index contributed by atoms with van der Waals surface area (Å²) in [6.07, 6.45) is 0.766. The minimum atomic E-state index is -0.771. The number of furan rings is 2. The van der Waals surface area contributed by atoms with E-state index in [4.69, 9.17) is 8.83 Å². The number of nitrogens with zero attached hydrogens (tertiary/aromatic N) is 1. The van der Waals surface area contributed by atoms with Gasteiger partial charge in [-0.05, 0) is 38.1 Å². The lowest BCUT2D eigenvalue weighted by molar-refractivity contribution is 0.158. The predicted molar refractivity (Wildman–Crippen MR) is 113 cm³/mol. The summed E-state index contributed by atoms with van der Waals surface area (Å²) in [4.78, 5) is 4.43. The Hall–Kier alpha value is -2.00. The fraction of sp³-hybridized carbons (Fsp3) is 0.316. The SMILES string of the molecule is CCNC(=NCC(O)c1ccco1)NC(C)c1cc2ccccc2o1.I. The van der Waals surface area contributed by atoms with Crippen molar-refractivity contribution in [3.63, 3.8) is 0 Å². The topological polar surface area (TPSA) is 82.9 Å². The van der Waals surface area contributed by atoms with E-state index in [-0.39, 0.29) is 36.6 Å². The van der Waals surface area contributed by atoms with Gasteiger partial charge in [0.05, 0.1) is 18.8 Å². The number of halogens is 1. The summed E-state index contributed by atoms with van der Waals surface area (Å²) in [7, 11) is 0. The lowest BCUT2D eigenvalue weighted by Gasteiger charge is -2.16. The predicted octanol–water partition coefficient (Wildman–Crippen LogP) is 3.99. The zero-order valence-corrected chi connectivity index (χ0v) is 17.1. The molecule has 0 bridgehead atoms. The van der Waals surface area contributed by atoms with Gasteiger partial charge in [-0.2, -0.15) is 0 Å². The van der Waals surface area contributed by atoms with E-state index in [2.05, 4.69) is 15.6 Å². The molecule has 0 radical (unpaired) electrons. The first-order valence-electron chi connectivity index (χ1n) is 8.42. The van der Waals surface area contributed by atoms with Gasteiger partial charge in [-0.15, -0.1) is 24.0 Å². The summed E-state index contributed by atoms with van der Waals surface area (Å²) in [5.74, 6) is 1.95. The van der Waals surface area contributed by atoms with Crippen LogP contribution in [-0.2, 0) is 0 Å². The van der Waals surface area contributed by atoms with Crippen LogP contribution in [0.25, 0.3) is 11.0 Å². The maximum absolute atomic E-state index is 10.1. The molecule has 0 aliphatic heterocycles. The van der Waals surface area contributed by atoms with Crippen molar-refractivity contribution in [3.8, 4) is 0 Å². The molecule has 2 aromatic heterocycles. The molecule has 140 valence electrons. The highest BCUT2D eigenvalue weighted by Gasteiger charge is 2.14. The van der Waals surface area contributed by atoms with Crippen LogP contribution in [0.3, 0.4) is 0 Å². The van der Waals surface area contributed by atoms with Crippen molar-refractivity contribution in [3.05, 3.63) is 60.2 Å². The number of hydrogen-bond acceptors (Lipinski definition) is 4. The Bertz CT molecular complexity index is 797. The molecule has 0 saturated carbocycles. The molecular weight excluding hydrogens is 445 g/mol. The number of aliphatic imine (C=N–C) groups is 1. The number of guanidine groups is 1. The van der Waals surface area contributed by atoms with Gasteiger partial charge in [-0.1, -0.05) is 18.2 Å². The number of aliphatic hydroxyl groups excluding tert-OH is 1. The van der Waals surface area contributed by atoms with Gasteiger partial charge in [0.2, 0.25) is 0 Å². The first kappa shape index (κ1) is 20.3. The van der Waals surface area contributed by atoms with E-state index in [1.54, 1.807) is 12.1 Å². The quantitative estimate of drug-likeness (QED) is 0.289. The Morgan fingerprint density at radius 3 is 2.69 bits per heavy atom. The number of benzene rings is 1. The normalized spacial score (nSPS) is 13.9. The van der Waals surface area contributed by atoms with E-state index in [1.807, 2.05) is 44.2 Å². The standard InChI is InChI=1S/C19H23N3O3.HI/c1-3-20-19(21-12-15(23)17-9-6-10-24-17)22-13(2)18-11-14-7-4-5-8-16(14)25-18;/h4-11,13,15,23H,3,12H2,1-2H3,(H2,20,21,22);1H. The molecule has 0 saturated heterocycles. The van der Waals surface area contributed by atoms with Gasteiger partial charge in [-0.25, -0.2) is 0 Å². The van der Waals surface area contributed by atoms with Crippen LogP contribution in [0.1, 0.15) is 37.5 Å². The fourth-order valence-electron chi connectivity index (χ4n) is 2.56. The molecule has 0 aliphatic carbocycles. The number of hydrogen-bond donors (Lipinski definition) is 3. The van der Waals surface area contributed by atoms with Gasteiger partial charge in [0.1, 0.15) is 23.2 Å². The van der Waals surface area contributed by atoms with E-state index in [0.717, 1.165) is 23.3 Å². The van der Waals surface area contributed by atoms with Gasteiger partial charge in [-0.3, -0.25) is 4.99 Å². The zero-order valence-electron chi connectivity index (χ0n) is 14.8. The molecule has 0 amide bonds. The summed E-state index contributed by atoms with van der Waals surface area (Å²) in [6, 6.07) is 13.3. The minimum absolute atomic E-state index is 0. The van der Waals surface area contributed by atoms with Crippen molar-refractivity contribution in [2.24, 2.45) is 4.99 Å². The molecule has 7 heteroatoms. The van der Waals surface area contributed by atoms with E-state index in [9.17, 15) is 5.11 Å². The van der Waals surface area contributed by atoms with Crippen LogP contribution >= 0.6 is 24.0 Å². The van der Waals surface area contributed by atoms with Crippen molar-refractivity contribution < 1.29 is 13.9 Å². The summed E-state index contributed by atoms with van der Waals surface area (Å²) in [5, 5.41) is 17.6. The van der Waals surface area contributed by atoms with Crippen LogP contribution in [0.4, 0.5) is 0 Å². The van der Waals surface area contributed by atoms with Crippen LogP contribution in [0.5, 0.6) is 0 Å². The lowest BCUT2D eigenvalue weighted by Crippen LogP contribution is -2.39. The maximum Gasteiger partial charge on any atom is 0.191 e. The Kier molecular flexibility index (Phi) is 7.52. The number of aliphatic hydroxyl groups is 1. The highest BCUT2D eigenvalue weighted by atomic mass is 127. The van der Waals surface area contributed by atoms with Crippen LogP contribution in [0.15, 0.2) is 62.6 Å². The molecular formula is C19H24IN3O3. The first-order chi connectivity index (χ1) is 12.2. The molecule has 6 nitrogen and oxygen atoms in total. The lowest BCUT2D eigenvalue weighted by atomic mass is 10.2. The highest BCUT2D eigenvalue weighted by molar-refractivity contribution is 14.0. The molecule has 3 aromatic rings. The number of rotatable bonds is 6. The average molecular weight is 469 g/mol. The van der Waals surface area contributed by atoms with Crippen LogP contribution in [0, 0.1) is 0 Å². The van der Waals surface area contributed by atoms with E-state index in [1.165, 1.54) is 6.26 Å². The second-order valence-corrected chi connectivity index (χ2v) is 5.80. The Balaban J connectivity index is 0.00000243. The average Bonchev–Trinajstić information content (AvgIpc) is 3.28. The Morgan fingerprint density at radius 2 is 2.00 bits per heavy atom. The smallest absolute Gasteiger partial charge is 0.191 e. The Morgan fingerprint density at radius 1 is 1.19 bits per heavy atom. The third-order valence-electron chi connectivity index (χ3n) is 3.86. The fourth-order valence-corrected chi connectivity index (χ4v) is 2.56. The molecule has 0 aliphatic rings. The molecule has 2 atom stereocenters. The third-order valence-corrected chi connectivity index (χ3v) is 3.86. The summed E-state index contributed by atoms with van der Waals surface area (Å²) in [5.41, 5.74) is 0.862. The summed E-state index contributed by atoms with van der Waals surface area (Å²) < 4.78 is 11.1. The largest absolute Gasteiger partial charge is 0.467 e. The van der Waals surface area contributed by atoms with Gasteiger partial charge in [0.15, 0.2) is 5.96 Å². The van der Waals surface area contributed by atoms with Gasteiger partial charge in [0.25, 0.3) is 0 Å². The van der Waals surface area contributed by atoms with E-state index >= 15 is 0 Å². The van der Waals surface area contributed by atoms with E-state index in [0.29, 0.717) is 11.7 Å². The number of fused-ring (bicyclic) bond motifs is 1. The first-order valence-corrected chi connectivity index (χ1v) is 8.42. The van der Waals surface area contributed by atoms with Gasteiger partial charge >= 0.3 is 0 Å². The van der Waals surface area contributed by atoms with Gasteiger partial charge < -0.3 is 24.6 Å². The van der Waals surface area contributed by atoms with Crippen LogP contribution in [-0.4, -0.2) is 24.2 Å². The summed E-state index contributed by atoms with van der Waals surface area (Å²) in [6.45, 7) is 4.92. The van der Waals surface area contributed by atoms with Crippen LogP contribution < -0.4 is 10.6 Å². The van der Waals surface area contributed by atoms with Crippen molar-refractivity contribution in [1.29, 1.82) is 0 Å². The molecule has 3 rings (SSSR count). The molecule has 2 heterocycles. The molecule has 0 spiro atoms. The van der Waals surface area contributed by atoms with Crippen molar-refractivity contribution >= 4 is 40.9 Å². The molecule has 26 heavy (non-hydrogen) atoms. The number of nitrogens with one attached hydrogen (secondary N) is 2.